The van der Waals surface area contributed by atoms with Crippen molar-refractivity contribution in [3.63, 3.8) is 0 Å². The quantitative estimate of drug-likeness (QED) is 0.427. The van der Waals surface area contributed by atoms with Crippen LogP contribution in [-0.2, 0) is 17.9 Å². The van der Waals surface area contributed by atoms with E-state index < -0.39 is 6.10 Å². The number of fused-ring (bicyclic) bond motifs is 2. The van der Waals surface area contributed by atoms with Crippen LogP contribution in [0.25, 0.3) is 11.0 Å². The molecule has 1 atom stereocenters. The molecule has 0 aliphatic carbocycles. The summed E-state index contributed by atoms with van der Waals surface area (Å²) >= 11 is 0. The van der Waals surface area contributed by atoms with Crippen molar-refractivity contribution >= 4 is 16.9 Å². The molecular weight excluding hydrogens is 433 g/mol. The minimum absolute atomic E-state index is 0.0740. The first kappa shape index (κ1) is 22.0. The number of nitrogens with one attached hydrogen (secondary N) is 1. The summed E-state index contributed by atoms with van der Waals surface area (Å²) in [5.74, 6) is 0.339. The summed E-state index contributed by atoms with van der Waals surface area (Å²) in [7, 11) is 0. The number of benzene rings is 3. The summed E-state index contributed by atoms with van der Waals surface area (Å²) < 4.78 is 22.5. The molecule has 174 valence electrons. The maximum absolute atomic E-state index is 14.5. The van der Waals surface area contributed by atoms with Crippen LogP contribution < -0.4 is 10.1 Å². The van der Waals surface area contributed by atoms with Crippen LogP contribution in [-0.4, -0.2) is 45.4 Å². The lowest BCUT2D eigenvalue weighted by atomic mass is 10.1. The molecule has 0 fully saturated rings. The number of aryl methyl sites for hydroxylation is 1. The van der Waals surface area contributed by atoms with Crippen LogP contribution in [0.4, 0.5) is 4.39 Å². The zero-order chi connectivity index (χ0) is 23.3. The Hall–Kier alpha value is -3.78. The Morgan fingerprint density at radius 3 is 2.76 bits per heavy atom. The summed E-state index contributed by atoms with van der Waals surface area (Å²) in [6.45, 7) is 2.37. The van der Waals surface area contributed by atoms with E-state index in [1.54, 1.807) is 18.2 Å². The van der Waals surface area contributed by atoms with Gasteiger partial charge in [-0.1, -0.05) is 53.7 Å². The lowest BCUT2D eigenvalue weighted by molar-refractivity contribution is -0.122. The second kappa shape index (κ2) is 10.0. The number of amides is 1. The average Bonchev–Trinajstić information content (AvgIpc) is 3.16. The van der Waals surface area contributed by atoms with Crippen LogP contribution in [0, 0.1) is 5.82 Å². The molecule has 1 aliphatic rings. The van der Waals surface area contributed by atoms with Crippen molar-refractivity contribution in [2.45, 2.75) is 25.6 Å². The number of nitrogens with zero attached hydrogens (tertiary/aromatic N) is 4. The molecule has 1 N–H and O–H groups in total. The lowest BCUT2D eigenvalue weighted by Gasteiger charge is -2.24. The van der Waals surface area contributed by atoms with Crippen molar-refractivity contribution < 1.29 is 13.9 Å². The van der Waals surface area contributed by atoms with Gasteiger partial charge >= 0.3 is 0 Å². The van der Waals surface area contributed by atoms with Crippen LogP contribution in [0.2, 0.25) is 0 Å². The second-order valence-electron chi connectivity index (χ2n) is 8.41. The highest BCUT2D eigenvalue weighted by Crippen LogP contribution is 2.31. The van der Waals surface area contributed by atoms with Gasteiger partial charge in [-0.05, 0) is 30.7 Å². The Balaban J connectivity index is 1.20. The first-order valence-electron chi connectivity index (χ1n) is 11.4. The third kappa shape index (κ3) is 4.92. The SMILES string of the molecule is O=C(CN1Cc2ccccc2OC(c2ccccc2F)C1)NCCCn1nnc2ccccc21. The lowest BCUT2D eigenvalue weighted by Crippen LogP contribution is -2.39. The number of rotatable bonds is 7. The monoisotopic (exact) mass is 459 g/mol. The van der Waals surface area contributed by atoms with E-state index in [0.29, 0.717) is 31.7 Å². The van der Waals surface area contributed by atoms with E-state index in [1.165, 1.54) is 6.07 Å². The normalized spacial score (nSPS) is 16.0. The molecule has 1 aromatic heterocycles. The molecular formula is C26H26FN5O2. The van der Waals surface area contributed by atoms with Crippen molar-refractivity contribution in [3.05, 3.63) is 89.7 Å². The first-order chi connectivity index (χ1) is 16.7. The summed E-state index contributed by atoms with van der Waals surface area (Å²) in [6.07, 6.45) is 0.237. The van der Waals surface area contributed by atoms with E-state index in [9.17, 15) is 9.18 Å². The number of hydrogen-bond acceptors (Lipinski definition) is 5. The van der Waals surface area contributed by atoms with Crippen LogP contribution >= 0.6 is 0 Å². The molecule has 7 nitrogen and oxygen atoms in total. The molecule has 0 saturated carbocycles. The average molecular weight is 460 g/mol. The molecule has 0 spiro atoms. The zero-order valence-electron chi connectivity index (χ0n) is 18.7. The van der Waals surface area contributed by atoms with Gasteiger partial charge in [-0.15, -0.1) is 5.10 Å². The van der Waals surface area contributed by atoms with Crippen molar-refractivity contribution in [3.8, 4) is 5.75 Å². The molecule has 34 heavy (non-hydrogen) atoms. The van der Waals surface area contributed by atoms with E-state index in [4.69, 9.17) is 4.74 Å². The molecule has 8 heteroatoms. The van der Waals surface area contributed by atoms with E-state index >= 15 is 0 Å². The number of para-hydroxylation sites is 2. The number of ether oxygens (including phenoxy) is 1. The Morgan fingerprint density at radius 2 is 1.85 bits per heavy atom. The Labute approximate surface area is 197 Å². The maximum Gasteiger partial charge on any atom is 0.234 e. The van der Waals surface area contributed by atoms with E-state index in [0.717, 1.165) is 28.8 Å². The molecule has 0 radical (unpaired) electrons. The topological polar surface area (TPSA) is 72.3 Å². The largest absolute Gasteiger partial charge is 0.484 e. The van der Waals surface area contributed by atoms with Crippen molar-refractivity contribution in [1.29, 1.82) is 0 Å². The standard InChI is InChI=1S/C26H26FN5O2/c27-21-10-3-2-9-20(21)25-17-31(16-19-8-1-6-13-24(19)34-25)18-26(33)28-14-7-15-32-23-12-5-4-11-22(23)29-30-32/h1-6,8-13,25H,7,14-18H2,(H,28,33). The van der Waals surface area contributed by atoms with E-state index in [1.807, 2.05) is 58.1 Å². The molecule has 1 amide bonds. The first-order valence-corrected chi connectivity index (χ1v) is 11.4. The highest BCUT2D eigenvalue weighted by Gasteiger charge is 2.27. The number of carbonyl (C=O) groups is 1. The summed E-state index contributed by atoms with van der Waals surface area (Å²) in [5, 5.41) is 11.3. The molecule has 0 bridgehead atoms. The fourth-order valence-electron chi connectivity index (χ4n) is 4.30. The van der Waals surface area contributed by atoms with E-state index in [2.05, 4.69) is 15.6 Å². The molecule has 4 aromatic rings. The smallest absolute Gasteiger partial charge is 0.234 e. The van der Waals surface area contributed by atoms with Gasteiger partial charge in [-0.25, -0.2) is 9.07 Å². The molecule has 5 rings (SSSR count). The number of aromatic nitrogens is 3. The van der Waals surface area contributed by atoms with Crippen molar-refractivity contribution in [2.24, 2.45) is 0 Å². The van der Waals surface area contributed by atoms with Crippen molar-refractivity contribution in [1.82, 2.24) is 25.2 Å². The Morgan fingerprint density at radius 1 is 1.06 bits per heavy atom. The van der Waals surface area contributed by atoms with Gasteiger partial charge in [0.15, 0.2) is 0 Å². The minimum Gasteiger partial charge on any atom is -0.484 e. The molecule has 1 aliphatic heterocycles. The van der Waals surface area contributed by atoms with Crippen LogP contribution in [0.15, 0.2) is 72.8 Å². The molecule has 1 unspecified atom stereocenters. The number of carbonyl (C=O) groups excluding carboxylic acids is 1. The van der Waals surface area contributed by atoms with Gasteiger partial charge in [0.1, 0.15) is 23.2 Å². The Bertz CT molecular complexity index is 1290. The minimum atomic E-state index is -0.502. The zero-order valence-corrected chi connectivity index (χ0v) is 18.7. The van der Waals surface area contributed by atoms with Crippen molar-refractivity contribution in [2.75, 3.05) is 19.6 Å². The Kier molecular flexibility index (Phi) is 6.49. The highest BCUT2D eigenvalue weighted by molar-refractivity contribution is 5.78. The predicted octanol–water partition coefficient (Wildman–Crippen LogP) is 3.71. The molecule has 2 heterocycles. The van der Waals surface area contributed by atoms with Gasteiger partial charge in [0.05, 0.1) is 12.1 Å². The van der Waals surface area contributed by atoms with Crippen LogP contribution in [0.3, 0.4) is 0 Å². The van der Waals surface area contributed by atoms with Crippen LogP contribution in [0.1, 0.15) is 23.7 Å². The molecule has 0 saturated heterocycles. The molecule has 3 aromatic carbocycles. The maximum atomic E-state index is 14.5. The fourth-order valence-corrected chi connectivity index (χ4v) is 4.30. The van der Waals surface area contributed by atoms with Gasteiger partial charge < -0.3 is 10.1 Å². The van der Waals surface area contributed by atoms with E-state index in [-0.39, 0.29) is 18.3 Å². The summed E-state index contributed by atoms with van der Waals surface area (Å²) in [6, 6.07) is 22.2. The highest BCUT2D eigenvalue weighted by atomic mass is 19.1. The third-order valence-corrected chi connectivity index (χ3v) is 5.97. The third-order valence-electron chi connectivity index (χ3n) is 5.97. The van der Waals surface area contributed by atoms with Gasteiger partial charge in [0.25, 0.3) is 0 Å². The fraction of sp³-hybridized carbons (Fsp3) is 0.269. The van der Waals surface area contributed by atoms with Gasteiger partial charge in [0, 0.05) is 37.3 Å². The predicted molar refractivity (Wildman–Crippen MR) is 127 cm³/mol. The van der Waals surface area contributed by atoms with Gasteiger partial charge in [0.2, 0.25) is 5.91 Å². The number of halogens is 1. The number of hydrogen-bond donors (Lipinski definition) is 1. The summed E-state index contributed by atoms with van der Waals surface area (Å²) in [4.78, 5) is 14.7. The second-order valence-corrected chi connectivity index (χ2v) is 8.41. The van der Waals surface area contributed by atoms with Gasteiger partial charge in [-0.2, -0.15) is 0 Å². The van der Waals surface area contributed by atoms with Gasteiger partial charge in [-0.3, -0.25) is 9.69 Å². The van der Waals surface area contributed by atoms with Crippen LogP contribution in [0.5, 0.6) is 5.75 Å². The summed E-state index contributed by atoms with van der Waals surface area (Å²) in [5.41, 5.74) is 3.31.